The van der Waals surface area contributed by atoms with Crippen LogP contribution in [0.5, 0.6) is 0 Å². The number of carbonyl (C=O) groups is 2. The lowest BCUT2D eigenvalue weighted by molar-refractivity contribution is -0.178. The van der Waals surface area contributed by atoms with Crippen molar-refractivity contribution in [2.24, 2.45) is 5.92 Å². The van der Waals surface area contributed by atoms with E-state index in [2.05, 4.69) is 5.32 Å². The molecule has 0 radical (unpaired) electrons. The van der Waals surface area contributed by atoms with Gasteiger partial charge in [-0.15, -0.1) is 0 Å². The first-order chi connectivity index (χ1) is 15.3. The quantitative estimate of drug-likeness (QED) is 0.380. The van der Waals surface area contributed by atoms with Crippen molar-refractivity contribution in [2.45, 2.75) is 49.9 Å². The van der Waals surface area contributed by atoms with E-state index in [9.17, 15) is 32.3 Å². The number of nitrogens with one attached hydrogen (secondary N) is 1. The minimum atomic E-state index is -4.66. The molecule has 178 valence electrons. The average Bonchev–Trinajstić information content (AvgIpc) is 3.47. The summed E-state index contributed by atoms with van der Waals surface area (Å²) in [5.41, 5.74) is -1.29. The predicted octanol–water partition coefficient (Wildman–Crippen LogP) is 6.97. The molecule has 10 heteroatoms. The zero-order chi connectivity index (χ0) is 24.6. The molecule has 1 fully saturated rings. The third-order valence-electron chi connectivity index (χ3n) is 5.91. The van der Waals surface area contributed by atoms with Crippen LogP contribution in [-0.2, 0) is 9.59 Å². The first kappa shape index (κ1) is 25.3. The van der Waals surface area contributed by atoms with Gasteiger partial charge in [0.05, 0.1) is 29.0 Å². The number of hydrogen-bond donors (Lipinski definition) is 2. The number of amides is 1. The second kappa shape index (κ2) is 9.50. The van der Waals surface area contributed by atoms with Gasteiger partial charge in [-0.25, -0.2) is 4.39 Å². The summed E-state index contributed by atoms with van der Waals surface area (Å²) in [5, 5.41) is 11.9. The van der Waals surface area contributed by atoms with Gasteiger partial charge >= 0.3 is 12.1 Å². The maximum Gasteiger partial charge on any atom is 0.392 e. The number of anilines is 1. The van der Waals surface area contributed by atoms with Crippen LogP contribution < -0.4 is 5.32 Å². The van der Waals surface area contributed by atoms with Crippen molar-refractivity contribution in [2.75, 3.05) is 5.32 Å². The van der Waals surface area contributed by atoms with E-state index in [0.29, 0.717) is 10.6 Å². The smallest absolute Gasteiger partial charge is 0.392 e. The minimum absolute atomic E-state index is 0.0212. The van der Waals surface area contributed by atoms with Gasteiger partial charge in [0.2, 0.25) is 5.91 Å². The second-order valence-corrected chi connectivity index (χ2v) is 9.12. The second-order valence-electron chi connectivity index (χ2n) is 8.27. The number of benzene rings is 2. The van der Waals surface area contributed by atoms with Gasteiger partial charge in [-0.2, -0.15) is 13.2 Å². The fourth-order valence-corrected chi connectivity index (χ4v) is 4.12. The van der Waals surface area contributed by atoms with Crippen molar-refractivity contribution in [1.29, 1.82) is 0 Å². The van der Waals surface area contributed by atoms with E-state index in [4.69, 9.17) is 23.2 Å². The summed E-state index contributed by atoms with van der Waals surface area (Å²) >= 11 is 12.0. The van der Waals surface area contributed by atoms with Crippen LogP contribution in [0.2, 0.25) is 10.0 Å². The maximum atomic E-state index is 14.8. The largest absolute Gasteiger partial charge is 0.481 e. The normalized spacial score (nSPS) is 17.7. The van der Waals surface area contributed by atoms with Crippen LogP contribution >= 0.6 is 23.2 Å². The third kappa shape index (κ3) is 5.98. The first-order valence-electron chi connectivity index (χ1n) is 10.1. The van der Waals surface area contributed by atoms with Crippen molar-refractivity contribution in [3.63, 3.8) is 0 Å². The summed E-state index contributed by atoms with van der Waals surface area (Å²) in [7, 11) is 0. The summed E-state index contributed by atoms with van der Waals surface area (Å²) in [6, 6.07) is 9.61. The molecule has 0 aromatic heterocycles. The van der Waals surface area contributed by atoms with Gasteiger partial charge in [0.1, 0.15) is 5.67 Å². The summed E-state index contributed by atoms with van der Waals surface area (Å²) < 4.78 is 55.4. The molecule has 0 heterocycles. The molecular weight excluding hydrogens is 485 g/mol. The van der Waals surface area contributed by atoms with E-state index in [-0.39, 0.29) is 29.1 Å². The SMILES string of the molecule is CC(C(C(=O)Nc1cc(C(CC(=O)O)C2(F)CC2)ccc1Cl)c1ccc(Cl)cc1)C(F)(F)F. The number of carboxylic acid groups (broad SMARTS) is 1. The standard InChI is InChI=1S/C23H21Cl2F4NO3/c1-12(23(27,28)29)20(13-2-5-15(24)6-3-13)21(33)30-18-10-14(4-7-17(18)25)16(11-19(31)32)22(26)8-9-22/h2-7,10,12,16,20H,8-9,11H2,1H3,(H,30,33)(H,31,32). The number of aliphatic carboxylic acids is 1. The van der Waals surface area contributed by atoms with Gasteiger partial charge in [-0.3, -0.25) is 9.59 Å². The molecule has 2 N–H and O–H groups in total. The molecular formula is C23H21Cl2F4NO3. The molecule has 4 nitrogen and oxygen atoms in total. The Morgan fingerprint density at radius 1 is 1.09 bits per heavy atom. The Balaban J connectivity index is 1.94. The van der Waals surface area contributed by atoms with Crippen LogP contribution in [0.25, 0.3) is 0 Å². The van der Waals surface area contributed by atoms with Gasteiger partial charge in [0, 0.05) is 10.9 Å². The lowest BCUT2D eigenvalue weighted by Crippen LogP contribution is -2.34. The molecule has 1 aliphatic carbocycles. The topological polar surface area (TPSA) is 66.4 Å². The molecule has 2 aromatic rings. The Kier molecular flexibility index (Phi) is 7.29. The van der Waals surface area contributed by atoms with Gasteiger partial charge in [0.25, 0.3) is 0 Å². The highest BCUT2D eigenvalue weighted by Crippen LogP contribution is 2.53. The van der Waals surface area contributed by atoms with Crippen LogP contribution in [0, 0.1) is 5.92 Å². The van der Waals surface area contributed by atoms with E-state index in [0.717, 1.165) is 6.92 Å². The highest BCUT2D eigenvalue weighted by atomic mass is 35.5. The fraction of sp³-hybridized carbons (Fsp3) is 0.391. The molecule has 3 unspecified atom stereocenters. The zero-order valence-corrected chi connectivity index (χ0v) is 18.9. The molecule has 0 bridgehead atoms. The number of halogens is 6. The van der Waals surface area contributed by atoms with Gasteiger partial charge in [-0.1, -0.05) is 48.3 Å². The van der Waals surface area contributed by atoms with Gasteiger partial charge < -0.3 is 10.4 Å². The number of rotatable bonds is 8. The molecule has 1 amide bonds. The summed E-state index contributed by atoms with van der Waals surface area (Å²) in [6.07, 6.45) is -4.72. The number of carbonyl (C=O) groups excluding carboxylic acids is 1. The van der Waals surface area contributed by atoms with Crippen molar-refractivity contribution in [3.8, 4) is 0 Å². The van der Waals surface area contributed by atoms with Crippen molar-refractivity contribution < 1.29 is 32.3 Å². The molecule has 0 aliphatic heterocycles. The monoisotopic (exact) mass is 505 g/mol. The molecule has 2 aromatic carbocycles. The lowest BCUT2D eigenvalue weighted by Gasteiger charge is -2.26. The van der Waals surface area contributed by atoms with Crippen molar-refractivity contribution >= 4 is 40.8 Å². The number of hydrogen-bond acceptors (Lipinski definition) is 2. The van der Waals surface area contributed by atoms with E-state index in [1.165, 1.54) is 42.5 Å². The number of carboxylic acids is 1. The molecule has 0 spiro atoms. The van der Waals surface area contributed by atoms with Crippen molar-refractivity contribution in [3.05, 3.63) is 63.6 Å². The van der Waals surface area contributed by atoms with Gasteiger partial charge in [-0.05, 0) is 48.2 Å². The molecule has 33 heavy (non-hydrogen) atoms. The Labute approximate surface area is 197 Å². The zero-order valence-electron chi connectivity index (χ0n) is 17.4. The van der Waals surface area contributed by atoms with Crippen molar-refractivity contribution in [1.82, 2.24) is 0 Å². The molecule has 1 aliphatic rings. The molecule has 3 rings (SSSR count). The highest BCUT2D eigenvalue weighted by molar-refractivity contribution is 6.33. The maximum absolute atomic E-state index is 14.8. The fourth-order valence-electron chi connectivity index (χ4n) is 3.83. The summed E-state index contributed by atoms with van der Waals surface area (Å²) in [4.78, 5) is 24.3. The molecule has 3 atom stereocenters. The van der Waals surface area contributed by atoms with E-state index in [1.807, 2.05) is 0 Å². The van der Waals surface area contributed by atoms with E-state index >= 15 is 0 Å². The Hall–Kier alpha value is -2.32. The number of alkyl halides is 4. The van der Waals surface area contributed by atoms with Crippen LogP contribution in [-0.4, -0.2) is 28.8 Å². The Bertz CT molecular complexity index is 1040. The molecule has 1 saturated carbocycles. The lowest BCUT2D eigenvalue weighted by atomic mass is 9.85. The Morgan fingerprint density at radius 3 is 2.18 bits per heavy atom. The highest BCUT2D eigenvalue weighted by Gasteiger charge is 2.51. The van der Waals surface area contributed by atoms with Crippen LogP contribution in [0.15, 0.2) is 42.5 Å². The first-order valence-corrected chi connectivity index (χ1v) is 10.9. The Morgan fingerprint density at radius 2 is 1.67 bits per heavy atom. The van der Waals surface area contributed by atoms with Crippen LogP contribution in [0.1, 0.15) is 49.1 Å². The third-order valence-corrected chi connectivity index (χ3v) is 6.49. The van der Waals surface area contributed by atoms with Crippen LogP contribution in [0.4, 0.5) is 23.2 Å². The average molecular weight is 506 g/mol. The van der Waals surface area contributed by atoms with Crippen LogP contribution in [0.3, 0.4) is 0 Å². The van der Waals surface area contributed by atoms with E-state index in [1.54, 1.807) is 0 Å². The molecule has 0 saturated heterocycles. The van der Waals surface area contributed by atoms with E-state index < -0.39 is 47.9 Å². The van der Waals surface area contributed by atoms with Gasteiger partial charge in [0.15, 0.2) is 0 Å². The minimum Gasteiger partial charge on any atom is -0.481 e. The summed E-state index contributed by atoms with van der Waals surface area (Å²) in [5.74, 6) is -6.75. The summed E-state index contributed by atoms with van der Waals surface area (Å²) in [6.45, 7) is 0.903. The predicted molar refractivity (Wildman–Crippen MR) is 118 cm³/mol.